The Morgan fingerprint density at radius 3 is 2.63 bits per heavy atom. The van der Waals surface area contributed by atoms with Crippen LogP contribution in [0.25, 0.3) is 0 Å². The van der Waals surface area contributed by atoms with Gasteiger partial charge in [-0.25, -0.2) is 0 Å². The number of nitrogens with one attached hydrogen (secondary N) is 1. The fourth-order valence-electron chi connectivity index (χ4n) is 1.68. The molecule has 0 heterocycles. The van der Waals surface area contributed by atoms with Gasteiger partial charge in [-0.05, 0) is 18.9 Å². The molecule has 1 unspecified atom stereocenters. The maximum atomic E-state index is 12.1. The third kappa shape index (κ3) is 5.01. The lowest BCUT2D eigenvalue weighted by Gasteiger charge is -2.24. The molecule has 4 heteroatoms. The molecule has 0 saturated heterocycles. The average Bonchev–Trinajstić information content (AvgIpc) is 2.43. The van der Waals surface area contributed by atoms with Crippen LogP contribution in [0.3, 0.4) is 0 Å². The Hall–Kier alpha value is -1.39. The van der Waals surface area contributed by atoms with Crippen LogP contribution < -0.4 is 11.1 Å². The second kappa shape index (κ2) is 7.92. The van der Waals surface area contributed by atoms with Crippen molar-refractivity contribution in [2.24, 2.45) is 5.73 Å². The number of hydrogen-bond acceptors (Lipinski definition) is 3. The summed E-state index contributed by atoms with van der Waals surface area (Å²) in [6.45, 7) is 5.59. The Labute approximate surface area is 115 Å². The minimum atomic E-state index is -1.01. The highest BCUT2D eigenvalue weighted by Gasteiger charge is 2.29. The van der Waals surface area contributed by atoms with Gasteiger partial charge in [0.1, 0.15) is 5.54 Å². The molecule has 0 bridgehead atoms. The van der Waals surface area contributed by atoms with Crippen molar-refractivity contribution in [3.63, 3.8) is 0 Å². The molecule has 1 aromatic carbocycles. The summed E-state index contributed by atoms with van der Waals surface area (Å²) in [5.74, 6) is -0.183. The quantitative estimate of drug-likeness (QED) is 0.704. The zero-order valence-electron chi connectivity index (χ0n) is 11.8. The number of rotatable bonds is 8. The highest BCUT2D eigenvalue weighted by Crippen LogP contribution is 2.16. The molecule has 0 spiro atoms. The summed E-state index contributed by atoms with van der Waals surface area (Å²) in [6.07, 6.45) is 2.16. The Kier molecular flexibility index (Phi) is 6.53. The molecule has 0 radical (unpaired) electrons. The Balaban J connectivity index is 2.36. The number of nitrogens with two attached hydrogens (primary N) is 1. The summed E-state index contributed by atoms with van der Waals surface area (Å²) >= 11 is 0. The number of carbonyl (C=O) groups is 1. The SMILES string of the molecule is CCCCOCCNC(=O)C(C)(N)c1ccccc1. The average molecular weight is 264 g/mol. The normalized spacial score (nSPS) is 13.8. The van der Waals surface area contributed by atoms with Crippen molar-refractivity contribution in [3.8, 4) is 0 Å². The van der Waals surface area contributed by atoms with Gasteiger partial charge < -0.3 is 15.8 Å². The maximum absolute atomic E-state index is 12.1. The molecule has 3 N–H and O–H groups in total. The van der Waals surface area contributed by atoms with Gasteiger partial charge in [0.25, 0.3) is 0 Å². The van der Waals surface area contributed by atoms with Crippen molar-refractivity contribution in [3.05, 3.63) is 35.9 Å². The van der Waals surface area contributed by atoms with Gasteiger partial charge in [-0.3, -0.25) is 4.79 Å². The zero-order chi connectivity index (χ0) is 14.1. The maximum Gasteiger partial charge on any atom is 0.244 e. The van der Waals surface area contributed by atoms with Crippen molar-refractivity contribution in [1.29, 1.82) is 0 Å². The molecule has 0 saturated carbocycles. The number of benzene rings is 1. The highest BCUT2D eigenvalue weighted by molar-refractivity contribution is 5.86. The largest absolute Gasteiger partial charge is 0.380 e. The predicted octanol–water partition coefficient (Wildman–Crippen LogP) is 1.79. The van der Waals surface area contributed by atoms with Gasteiger partial charge in [-0.15, -0.1) is 0 Å². The van der Waals surface area contributed by atoms with Crippen LogP contribution in [0.5, 0.6) is 0 Å². The van der Waals surface area contributed by atoms with E-state index in [2.05, 4.69) is 12.2 Å². The van der Waals surface area contributed by atoms with Crippen LogP contribution in [-0.2, 0) is 15.1 Å². The van der Waals surface area contributed by atoms with Crippen molar-refractivity contribution < 1.29 is 9.53 Å². The predicted molar refractivity (Wildman–Crippen MR) is 76.7 cm³/mol. The van der Waals surface area contributed by atoms with Gasteiger partial charge in [-0.1, -0.05) is 43.7 Å². The van der Waals surface area contributed by atoms with Crippen molar-refractivity contribution in [2.75, 3.05) is 19.8 Å². The number of hydrogen-bond donors (Lipinski definition) is 2. The van der Waals surface area contributed by atoms with Gasteiger partial charge in [0.2, 0.25) is 5.91 Å². The summed E-state index contributed by atoms with van der Waals surface area (Å²) in [6, 6.07) is 9.37. The van der Waals surface area contributed by atoms with Gasteiger partial charge in [0.05, 0.1) is 6.61 Å². The molecular formula is C15H24N2O2. The van der Waals surface area contributed by atoms with Crippen LogP contribution >= 0.6 is 0 Å². The first-order chi connectivity index (χ1) is 9.09. The second-order valence-corrected chi connectivity index (χ2v) is 4.79. The Morgan fingerprint density at radius 1 is 1.32 bits per heavy atom. The van der Waals surface area contributed by atoms with Crippen molar-refractivity contribution >= 4 is 5.91 Å². The molecule has 0 aromatic heterocycles. The summed E-state index contributed by atoms with van der Waals surface area (Å²) in [7, 11) is 0. The van der Waals surface area contributed by atoms with Crippen molar-refractivity contribution in [1.82, 2.24) is 5.32 Å². The molecule has 1 atom stereocenters. The molecule has 1 rings (SSSR count). The van der Waals surface area contributed by atoms with Crippen LogP contribution in [0.2, 0.25) is 0 Å². The van der Waals surface area contributed by atoms with Gasteiger partial charge in [0, 0.05) is 13.2 Å². The summed E-state index contributed by atoms with van der Waals surface area (Å²) < 4.78 is 5.39. The number of carbonyl (C=O) groups excluding carboxylic acids is 1. The van der Waals surface area contributed by atoms with Crippen LogP contribution in [0.15, 0.2) is 30.3 Å². The Bertz CT molecular complexity index is 377. The molecule has 106 valence electrons. The second-order valence-electron chi connectivity index (χ2n) is 4.79. The van der Waals surface area contributed by atoms with Crippen LogP contribution in [0.4, 0.5) is 0 Å². The summed E-state index contributed by atoms with van der Waals surface area (Å²) in [5, 5.41) is 2.81. The summed E-state index contributed by atoms with van der Waals surface area (Å²) in [4.78, 5) is 12.1. The summed E-state index contributed by atoms with van der Waals surface area (Å²) in [5.41, 5.74) is 5.89. The van der Waals surface area contributed by atoms with E-state index in [0.717, 1.165) is 25.0 Å². The molecule has 0 fully saturated rings. The molecule has 19 heavy (non-hydrogen) atoms. The van der Waals surface area contributed by atoms with E-state index in [1.54, 1.807) is 6.92 Å². The molecule has 1 aromatic rings. The van der Waals surface area contributed by atoms with E-state index in [-0.39, 0.29) is 5.91 Å². The topological polar surface area (TPSA) is 64.3 Å². The molecule has 4 nitrogen and oxygen atoms in total. The highest BCUT2D eigenvalue weighted by atomic mass is 16.5. The third-order valence-corrected chi connectivity index (χ3v) is 3.02. The molecule has 1 amide bonds. The minimum Gasteiger partial charge on any atom is -0.380 e. The number of unbranched alkanes of at least 4 members (excludes halogenated alkanes) is 1. The van der Waals surface area contributed by atoms with E-state index in [4.69, 9.17) is 10.5 Å². The lowest BCUT2D eigenvalue weighted by Crippen LogP contribution is -2.49. The first kappa shape index (κ1) is 15.7. The van der Waals surface area contributed by atoms with E-state index >= 15 is 0 Å². The van der Waals surface area contributed by atoms with Crippen LogP contribution in [0.1, 0.15) is 32.3 Å². The zero-order valence-corrected chi connectivity index (χ0v) is 11.8. The molecule has 0 aliphatic heterocycles. The van der Waals surface area contributed by atoms with Gasteiger partial charge >= 0.3 is 0 Å². The fourth-order valence-corrected chi connectivity index (χ4v) is 1.68. The molecule has 0 aliphatic rings. The van der Waals surface area contributed by atoms with E-state index in [9.17, 15) is 4.79 Å². The monoisotopic (exact) mass is 264 g/mol. The van der Waals surface area contributed by atoms with E-state index in [1.807, 2.05) is 30.3 Å². The number of amides is 1. The fraction of sp³-hybridized carbons (Fsp3) is 0.533. The Morgan fingerprint density at radius 2 is 2.00 bits per heavy atom. The first-order valence-corrected chi connectivity index (χ1v) is 6.79. The lowest BCUT2D eigenvalue weighted by molar-refractivity contribution is -0.126. The van der Waals surface area contributed by atoms with E-state index in [0.29, 0.717) is 13.2 Å². The number of ether oxygens (including phenoxy) is 1. The minimum absolute atomic E-state index is 0.183. The van der Waals surface area contributed by atoms with Crippen molar-refractivity contribution in [2.45, 2.75) is 32.2 Å². The first-order valence-electron chi connectivity index (χ1n) is 6.79. The van der Waals surface area contributed by atoms with E-state index < -0.39 is 5.54 Å². The molecule has 0 aliphatic carbocycles. The lowest BCUT2D eigenvalue weighted by atomic mass is 9.92. The van der Waals surface area contributed by atoms with Crippen LogP contribution in [0, 0.1) is 0 Å². The van der Waals surface area contributed by atoms with Gasteiger partial charge in [0.15, 0.2) is 0 Å². The van der Waals surface area contributed by atoms with Gasteiger partial charge in [-0.2, -0.15) is 0 Å². The smallest absolute Gasteiger partial charge is 0.244 e. The molecular weight excluding hydrogens is 240 g/mol. The van der Waals surface area contributed by atoms with Crippen LogP contribution in [-0.4, -0.2) is 25.7 Å². The standard InChI is InChI=1S/C15H24N2O2/c1-3-4-11-19-12-10-17-14(18)15(2,16)13-8-6-5-7-9-13/h5-9H,3-4,10-12,16H2,1-2H3,(H,17,18). The van der Waals surface area contributed by atoms with E-state index in [1.165, 1.54) is 0 Å². The third-order valence-electron chi connectivity index (χ3n) is 3.02.